The molecule has 0 unspecified atom stereocenters. The fraction of sp³-hybridized carbons (Fsp3) is 0.381. The molecule has 0 spiro atoms. The molecular formula is C21H23NO3. The Morgan fingerprint density at radius 2 is 1.40 bits per heavy atom. The lowest BCUT2D eigenvalue weighted by atomic mass is 9.79. The van der Waals surface area contributed by atoms with Crippen molar-refractivity contribution in [1.82, 2.24) is 4.90 Å². The van der Waals surface area contributed by atoms with Crippen molar-refractivity contribution in [3.63, 3.8) is 0 Å². The van der Waals surface area contributed by atoms with Crippen LogP contribution in [0.4, 0.5) is 0 Å². The first-order valence-corrected chi connectivity index (χ1v) is 8.93. The molecule has 1 amide bonds. The molecule has 2 fully saturated rings. The normalized spacial score (nSPS) is 28.6. The summed E-state index contributed by atoms with van der Waals surface area (Å²) in [4.78, 5) is 15.0. The Balaban J connectivity index is 1.59. The molecule has 2 N–H and O–H groups in total. The average molecular weight is 337 g/mol. The lowest BCUT2D eigenvalue weighted by molar-refractivity contribution is -0.0372. The Labute approximate surface area is 147 Å². The molecule has 1 aliphatic heterocycles. The highest BCUT2D eigenvalue weighted by Gasteiger charge is 2.42. The molecule has 4 heteroatoms. The molecule has 4 rings (SSSR count). The molecule has 2 aliphatic rings. The van der Waals surface area contributed by atoms with Crippen LogP contribution < -0.4 is 0 Å². The molecule has 2 aromatic carbocycles. The van der Waals surface area contributed by atoms with E-state index in [4.69, 9.17) is 0 Å². The summed E-state index contributed by atoms with van der Waals surface area (Å²) in [5, 5.41) is 19.8. The summed E-state index contributed by atoms with van der Waals surface area (Å²) in [7, 11) is 0. The van der Waals surface area contributed by atoms with Crippen LogP contribution in [0.25, 0.3) is 11.1 Å². The van der Waals surface area contributed by atoms with Gasteiger partial charge in [0.15, 0.2) is 0 Å². The number of aliphatic hydroxyl groups excluding tert-OH is 2. The van der Waals surface area contributed by atoms with Crippen LogP contribution in [-0.2, 0) is 0 Å². The molecule has 0 bridgehead atoms. The van der Waals surface area contributed by atoms with Gasteiger partial charge < -0.3 is 15.1 Å². The van der Waals surface area contributed by atoms with Crippen molar-refractivity contribution >= 4 is 5.91 Å². The van der Waals surface area contributed by atoms with Gasteiger partial charge in [-0.3, -0.25) is 4.79 Å². The first-order valence-electron chi connectivity index (χ1n) is 8.93. The number of amides is 1. The van der Waals surface area contributed by atoms with E-state index in [1.807, 2.05) is 59.5 Å². The lowest BCUT2D eigenvalue weighted by Gasteiger charge is -2.31. The standard InChI is InChI=1S/C21H23NO3/c23-19-10-15-12-22(13-16(15)11-20(19)24)21(25)18-9-5-4-8-17(18)14-6-2-1-3-7-14/h1-9,15-16,19-20,23-24H,10-13H2/t15-,16+,19-,20-/m0/s1. The van der Waals surface area contributed by atoms with Gasteiger partial charge in [-0.2, -0.15) is 0 Å². The third-order valence-corrected chi connectivity index (χ3v) is 5.64. The van der Waals surface area contributed by atoms with Crippen molar-refractivity contribution in [2.75, 3.05) is 13.1 Å². The predicted octanol–water partition coefficient (Wildman–Crippen LogP) is 2.56. The van der Waals surface area contributed by atoms with Crippen molar-refractivity contribution in [3.8, 4) is 11.1 Å². The van der Waals surface area contributed by atoms with Crippen LogP contribution in [0, 0.1) is 11.8 Å². The quantitative estimate of drug-likeness (QED) is 0.885. The van der Waals surface area contributed by atoms with Crippen molar-refractivity contribution < 1.29 is 15.0 Å². The smallest absolute Gasteiger partial charge is 0.254 e. The molecule has 130 valence electrons. The molecule has 0 aromatic heterocycles. The first-order chi connectivity index (χ1) is 12.1. The largest absolute Gasteiger partial charge is 0.390 e. The minimum absolute atomic E-state index is 0.0397. The van der Waals surface area contributed by atoms with Gasteiger partial charge in [0, 0.05) is 18.7 Å². The number of rotatable bonds is 2. The zero-order chi connectivity index (χ0) is 17.4. The van der Waals surface area contributed by atoms with Gasteiger partial charge in [-0.15, -0.1) is 0 Å². The second-order valence-corrected chi connectivity index (χ2v) is 7.25. The van der Waals surface area contributed by atoms with Crippen molar-refractivity contribution in [3.05, 3.63) is 60.2 Å². The SMILES string of the molecule is O=C(c1ccccc1-c1ccccc1)N1C[C@H]2C[C@H](O)[C@@H](O)C[C@H]2C1. The number of fused-ring (bicyclic) bond motifs is 1. The van der Waals surface area contributed by atoms with Crippen molar-refractivity contribution in [2.24, 2.45) is 11.8 Å². The topological polar surface area (TPSA) is 60.8 Å². The highest BCUT2D eigenvalue weighted by atomic mass is 16.3. The number of carbonyl (C=O) groups is 1. The van der Waals surface area contributed by atoms with Crippen LogP contribution >= 0.6 is 0 Å². The molecule has 1 saturated carbocycles. The summed E-state index contributed by atoms with van der Waals surface area (Å²) in [6.07, 6.45) is -0.160. The van der Waals surface area contributed by atoms with Gasteiger partial charge >= 0.3 is 0 Å². The molecule has 25 heavy (non-hydrogen) atoms. The van der Waals surface area contributed by atoms with Crippen LogP contribution in [0.15, 0.2) is 54.6 Å². The van der Waals surface area contributed by atoms with E-state index in [2.05, 4.69) is 0 Å². The third-order valence-electron chi connectivity index (χ3n) is 5.64. The van der Waals surface area contributed by atoms with Crippen LogP contribution in [0.3, 0.4) is 0 Å². The number of likely N-dealkylation sites (tertiary alicyclic amines) is 1. The molecule has 2 aromatic rings. The Morgan fingerprint density at radius 3 is 2.04 bits per heavy atom. The Bertz CT molecular complexity index is 743. The van der Waals surface area contributed by atoms with Crippen LogP contribution in [-0.4, -0.2) is 46.3 Å². The van der Waals surface area contributed by atoms with E-state index in [-0.39, 0.29) is 17.7 Å². The second-order valence-electron chi connectivity index (χ2n) is 7.25. The lowest BCUT2D eigenvalue weighted by Crippen LogP contribution is -2.38. The minimum Gasteiger partial charge on any atom is -0.390 e. The van der Waals surface area contributed by atoms with Crippen LogP contribution in [0.5, 0.6) is 0 Å². The van der Waals surface area contributed by atoms with Gasteiger partial charge in [0.25, 0.3) is 5.91 Å². The van der Waals surface area contributed by atoms with E-state index in [0.29, 0.717) is 31.5 Å². The summed E-state index contributed by atoms with van der Waals surface area (Å²) in [5.41, 5.74) is 2.70. The molecule has 4 nitrogen and oxygen atoms in total. The van der Waals surface area contributed by atoms with E-state index in [9.17, 15) is 15.0 Å². The molecule has 0 radical (unpaired) electrons. The molecular weight excluding hydrogens is 314 g/mol. The van der Waals surface area contributed by atoms with Gasteiger partial charge in [-0.25, -0.2) is 0 Å². The summed E-state index contributed by atoms with van der Waals surface area (Å²) in [6.45, 7) is 1.33. The maximum absolute atomic E-state index is 13.1. The first kappa shape index (κ1) is 16.3. The van der Waals surface area contributed by atoms with Crippen LogP contribution in [0.1, 0.15) is 23.2 Å². The van der Waals surface area contributed by atoms with Gasteiger partial charge in [0.1, 0.15) is 0 Å². The Kier molecular flexibility index (Phi) is 4.32. The third kappa shape index (κ3) is 3.08. The molecule has 1 aliphatic carbocycles. The second kappa shape index (κ2) is 6.62. The number of carbonyl (C=O) groups excluding carboxylic acids is 1. The van der Waals surface area contributed by atoms with E-state index < -0.39 is 12.2 Å². The van der Waals surface area contributed by atoms with E-state index in [1.165, 1.54) is 0 Å². The van der Waals surface area contributed by atoms with E-state index in [0.717, 1.165) is 11.1 Å². The highest BCUT2D eigenvalue weighted by molar-refractivity contribution is 6.01. The molecule has 4 atom stereocenters. The summed E-state index contributed by atoms with van der Waals surface area (Å²) in [5.74, 6) is 0.607. The van der Waals surface area contributed by atoms with Gasteiger partial charge in [0.05, 0.1) is 12.2 Å². The van der Waals surface area contributed by atoms with Gasteiger partial charge in [-0.05, 0) is 41.9 Å². The fourth-order valence-corrected chi connectivity index (χ4v) is 4.28. The molecule has 1 saturated heterocycles. The summed E-state index contributed by atoms with van der Waals surface area (Å²) in [6, 6.07) is 17.7. The zero-order valence-corrected chi connectivity index (χ0v) is 14.1. The number of hydrogen-bond donors (Lipinski definition) is 2. The van der Waals surface area contributed by atoms with Crippen molar-refractivity contribution in [2.45, 2.75) is 25.0 Å². The monoisotopic (exact) mass is 337 g/mol. The van der Waals surface area contributed by atoms with Gasteiger partial charge in [-0.1, -0.05) is 48.5 Å². The minimum atomic E-state index is -0.659. The van der Waals surface area contributed by atoms with E-state index >= 15 is 0 Å². The summed E-state index contributed by atoms with van der Waals surface area (Å²) < 4.78 is 0. The fourth-order valence-electron chi connectivity index (χ4n) is 4.28. The Hall–Kier alpha value is -2.17. The number of aliphatic hydroxyl groups is 2. The predicted molar refractivity (Wildman–Crippen MR) is 96.0 cm³/mol. The van der Waals surface area contributed by atoms with Crippen LogP contribution in [0.2, 0.25) is 0 Å². The average Bonchev–Trinajstić information content (AvgIpc) is 3.05. The molecule has 1 heterocycles. The maximum Gasteiger partial charge on any atom is 0.254 e. The van der Waals surface area contributed by atoms with E-state index in [1.54, 1.807) is 0 Å². The highest BCUT2D eigenvalue weighted by Crippen LogP contribution is 2.37. The number of benzene rings is 2. The summed E-state index contributed by atoms with van der Waals surface area (Å²) >= 11 is 0. The number of nitrogens with zero attached hydrogens (tertiary/aromatic N) is 1. The van der Waals surface area contributed by atoms with Gasteiger partial charge in [0.2, 0.25) is 0 Å². The Morgan fingerprint density at radius 1 is 0.840 bits per heavy atom. The zero-order valence-electron chi connectivity index (χ0n) is 14.1. The number of hydrogen-bond acceptors (Lipinski definition) is 3. The van der Waals surface area contributed by atoms with Crippen molar-refractivity contribution in [1.29, 1.82) is 0 Å². The maximum atomic E-state index is 13.1.